The minimum Gasteiger partial charge on any atom is -0.343 e. The van der Waals surface area contributed by atoms with Gasteiger partial charge in [-0.1, -0.05) is 13.8 Å². The van der Waals surface area contributed by atoms with Gasteiger partial charge in [0.15, 0.2) is 0 Å². The number of nitrogens with zero attached hydrogens (tertiary/aromatic N) is 3. The Kier molecular flexibility index (Phi) is 8.43. The fraction of sp³-hybridized carbons (Fsp3) is 0.650. The molecule has 0 aliphatic carbocycles. The van der Waals surface area contributed by atoms with E-state index < -0.39 is 20.0 Å². The van der Waals surface area contributed by atoms with Gasteiger partial charge in [-0.05, 0) is 51.0 Å². The van der Waals surface area contributed by atoms with Gasteiger partial charge in [0.2, 0.25) is 26.0 Å². The van der Waals surface area contributed by atoms with Gasteiger partial charge in [-0.2, -0.15) is 8.61 Å². The Hall–Kier alpha value is -1.49. The number of carbonyl (C=O) groups excluding carboxylic acids is 1. The van der Waals surface area contributed by atoms with E-state index in [4.69, 9.17) is 0 Å². The van der Waals surface area contributed by atoms with E-state index in [1.165, 1.54) is 32.9 Å². The molecule has 1 unspecified atom stereocenters. The number of rotatable bonds is 9. The molecule has 1 aromatic rings. The molecule has 170 valence electrons. The van der Waals surface area contributed by atoms with Crippen LogP contribution in [0.15, 0.2) is 34.1 Å². The van der Waals surface area contributed by atoms with Gasteiger partial charge in [-0.25, -0.2) is 16.8 Å². The van der Waals surface area contributed by atoms with Crippen LogP contribution in [0.1, 0.15) is 40.5 Å². The molecule has 1 amide bonds. The predicted octanol–water partition coefficient (Wildman–Crippen LogP) is 1.99. The smallest absolute Gasteiger partial charge is 0.243 e. The topological polar surface area (TPSA) is 95.1 Å². The quantitative estimate of drug-likeness (QED) is 0.563. The lowest BCUT2D eigenvalue weighted by molar-refractivity contribution is -0.136. The fourth-order valence-corrected chi connectivity index (χ4v) is 6.78. The third-order valence-corrected chi connectivity index (χ3v) is 9.56. The second kappa shape index (κ2) is 10.2. The van der Waals surface area contributed by atoms with Crippen LogP contribution in [0.25, 0.3) is 0 Å². The molecular weight excluding hydrogens is 426 g/mol. The zero-order chi connectivity index (χ0) is 22.5. The Morgan fingerprint density at radius 2 is 1.47 bits per heavy atom. The van der Waals surface area contributed by atoms with Crippen LogP contribution in [-0.4, -0.2) is 75.5 Å². The molecule has 1 atom stereocenters. The second-order valence-corrected chi connectivity index (χ2v) is 11.1. The van der Waals surface area contributed by atoms with Crippen LogP contribution in [0.5, 0.6) is 0 Å². The highest BCUT2D eigenvalue weighted by atomic mass is 32.2. The maximum absolute atomic E-state index is 13.1. The van der Waals surface area contributed by atoms with Crippen molar-refractivity contribution in [2.24, 2.45) is 5.92 Å². The first-order chi connectivity index (χ1) is 14.1. The summed E-state index contributed by atoms with van der Waals surface area (Å²) in [5.41, 5.74) is 0. The van der Waals surface area contributed by atoms with E-state index in [-0.39, 0.29) is 28.2 Å². The average molecular weight is 460 g/mol. The molecule has 1 saturated heterocycles. The van der Waals surface area contributed by atoms with Gasteiger partial charge in [-0.15, -0.1) is 0 Å². The van der Waals surface area contributed by atoms with Crippen LogP contribution in [0, 0.1) is 5.92 Å². The van der Waals surface area contributed by atoms with Gasteiger partial charge in [0.05, 0.1) is 15.7 Å². The molecule has 8 nitrogen and oxygen atoms in total. The SMILES string of the molecule is CCN(CC)C(=O)C1CCCN(S(=O)(=O)c2ccc(S(=O)(=O)N(CC)CC)cc2)C1. The highest BCUT2D eigenvalue weighted by molar-refractivity contribution is 7.89. The Morgan fingerprint density at radius 1 is 0.933 bits per heavy atom. The van der Waals surface area contributed by atoms with Crippen molar-refractivity contribution in [3.8, 4) is 0 Å². The zero-order valence-electron chi connectivity index (χ0n) is 18.2. The standard InChI is InChI=1S/C20H33N3O5S2/c1-5-21(6-2)20(24)17-10-9-15-23(16-17)30(27,28)19-13-11-18(12-14-19)29(25,26)22(7-3)8-4/h11-14,17H,5-10,15-16H2,1-4H3. The molecule has 10 heteroatoms. The summed E-state index contributed by atoms with van der Waals surface area (Å²) < 4.78 is 54.1. The third kappa shape index (κ3) is 5.04. The maximum Gasteiger partial charge on any atom is 0.243 e. The number of benzene rings is 1. The van der Waals surface area contributed by atoms with Gasteiger partial charge < -0.3 is 4.90 Å². The largest absolute Gasteiger partial charge is 0.343 e. The van der Waals surface area contributed by atoms with E-state index in [1.54, 1.807) is 18.7 Å². The van der Waals surface area contributed by atoms with Crippen LogP contribution in [0.2, 0.25) is 0 Å². The van der Waals surface area contributed by atoms with Crippen LogP contribution in [0.3, 0.4) is 0 Å². The molecule has 30 heavy (non-hydrogen) atoms. The van der Waals surface area contributed by atoms with Crippen LogP contribution < -0.4 is 0 Å². The van der Waals surface area contributed by atoms with Gasteiger partial charge in [0.25, 0.3) is 0 Å². The fourth-order valence-electron chi connectivity index (χ4n) is 3.80. The van der Waals surface area contributed by atoms with Gasteiger partial charge in [0.1, 0.15) is 0 Å². The van der Waals surface area contributed by atoms with Crippen LogP contribution in [0.4, 0.5) is 0 Å². The zero-order valence-corrected chi connectivity index (χ0v) is 19.9. The molecule has 0 aromatic heterocycles. The molecular formula is C20H33N3O5S2. The van der Waals surface area contributed by atoms with Crippen molar-refractivity contribution in [2.45, 2.75) is 50.3 Å². The Labute approximate surface area is 180 Å². The van der Waals surface area contributed by atoms with Crippen LogP contribution in [-0.2, 0) is 24.8 Å². The third-order valence-electron chi connectivity index (χ3n) is 5.61. The molecule has 0 spiro atoms. The average Bonchev–Trinajstić information content (AvgIpc) is 2.75. The Balaban J connectivity index is 2.24. The lowest BCUT2D eigenvalue weighted by Crippen LogP contribution is -2.46. The van der Waals surface area contributed by atoms with Crippen molar-refractivity contribution in [2.75, 3.05) is 39.3 Å². The minimum absolute atomic E-state index is 0.0134. The Bertz CT molecular complexity index is 922. The monoisotopic (exact) mass is 459 g/mol. The number of hydrogen-bond acceptors (Lipinski definition) is 5. The molecule has 0 N–H and O–H groups in total. The number of carbonyl (C=O) groups is 1. The lowest BCUT2D eigenvalue weighted by atomic mass is 9.98. The minimum atomic E-state index is -3.81. The summed E-state index contributed by atoms with van der Waals surface area (Å²) in [6.07, 6.45) is 1.29. The van der Waals surface area contributed by atoms with E-state index in [2.05, 4.69) is 0 Å². The number of amides is 1. The summed E-state index contributed by atoms with van der Waals surface area (Å²) in [6.45, 7) is 9.71. The molecule has 1 fully saturated rings. The van der Waals surface area contributed by atoms with Crippen molar-refractivity contribution >= 4 is 26.0 Å². The predicted molar refractivity (Wildman–Crippen MR) is 116 cm³/mol. The summed E-state index contributed by atoms with van der Waals surface area (Å²) >= 11 is 0. The van der Waals surface area contributed by atoms with E-state index in [0.717, 1.165) is 0 Å². The molecule has 1 aliphatic rings. The van der Waals surface area contributed by atoms with E-state index in [9.17, 15) is 21.6 Å². The number of hydrogen-bond donors (Lipinski definition) is 0. The summed E-state index contributed by atoms with van der Waals surface area (Å²) in [5.74, 6) is -0.365. The van der Waals surface area contributed by atoms with Crippen molar-refractivity contribution in [1.82, 2.24) is 13.5 Å². The molecule has 2 rings (SSSR count). The number of piperidine rings is 1. The van der Waals surface area contributed by atoms with Crippen LogP contribution >= 0.6 is 0 Å². The first-order valence-corrected chi connectivity index (χ1v) is 13.4. The van der Waals surface area contributed by atoms with Crippen molar-refractivity contribution < 1.29 is 21.6 Å². The molecule has 1 aromatic carbocycles. The van der Waals surface area contributed by atoms with Crippen molar-refractivity contribution in [1.29, 1.82) is 0 Å². The van der Waals surface area contributed by atoms with Crippen molar-refractivity contribution in [3.63, 3.8) is 0 Å². The van der Waals surface area contributed by atoms with Crippen molar-refractivity contribution in [3.05, 3.63) is 24.3 Å². The number of sulfonamides is 2. The molecule has 0 saturated carbocycles. The summed E-state index contributed by atoms with van der Waals surface area (Å²) in [4.78, 5) is 14.5. The second-order valence-electron chi connectivity index (χ2n) is 7.27. The molecule has 0 radical (unpaired) electrons. The van der Waals surface area contributed by atoms with Gasteiger partial charge in [0, 0.05) is 39.3 Å². The normalized spacial score (nSPS) is 18.5. The summed E-state index contributed by atoms with van der Waals surface area (Å²) in [6, 6.07) is 5.34. The summed E-state index contributed by atoms with van der Waals surface area (Å²) in [7, 11) is -7.46. The first-order valence-electron chi connectivity index (χ1n) is 10.5. The van der Waals surface area contributed by atoms with E-state index in [0.29, 0.717) is 45.6 Å². The highest BCUT2D eigenvalue weighted by Crippen LogP contribution is 2.26. The Morgan fingerprint density at radius 3 is 1.97 bits per heavy atom. The molecule has 0 bridgehead atoms. The van der Waals surface area contributed by atoms with Gasteiger partial charge in [-0.3, -0.25) is 4.79 Å². The highest BCUT2D eigenvalue weighted by Gasteiger charge is 2.34. The molecule has 1 aliphatic heterocycles. The van der Waals surface area contributed by atoms with E-state index >= 15 is 0 Å². The van der Waals surface area contributed by atoms with E-state index in [1.807, 2.05) is 13.8 Å². The summed E-state index contributed by atoms with van der Waals surface area (Å²) in [5, 5.41) is 0. The first kappa shape index (κ1) is 24.8. The lowest BCUT2D eigenvalue weighted by Gasteiger charge is -2.33. The maximum atomic E-state index is 13.1. The van der Waals surface area contributed by atoms with Gasteiger partial charge >= 0.3 is 0 Å². The molecule has 1 heterocycles.